The average molecular weight is 530 g/mol. The molecule has 1 amide bonds. The first-order chi connectivity index (χ1) is 17.6. The number of rotatable bonds is 7. The summed E-state index contributed by atoms with van der Waals surface area (Å²) < 4.78 is 89.8. The zero-order valence-electron chi connectivity index (χ0n) is 20.2. The Morgan fingerprint density at radius 1 is 1.11 bits per heavy atom. The molecule has 2 aromatic carbocycles. The lowest BCUT2D eigenvalue weighted by atomic mass is 9.83. The monoisotopic (exact) mass is 529 g/mol. The summed E-state index contributed by atoms with van der Waals surface area (Å²) in [5, 5.41) is 0. The molecule has 0 bridgehead atoms. The molecule has 0 saturated carbocycles. The van der Waals surface area contributed by atoms with Gasteiger partial charge in [-0.15, -0.1) is 0 Å². The number of likely N-dealkylation sites (tertiary alicyclic amines) is 1. The number of hydrogen-bond donors (Lipinski definition) is 0. The number of halogens is 5. The average Bonchev–Trinajstić information content (AvgIpc) is 3.26. The van der Waals surface area contributed by atoms with Crippen molar-refractivity contribution in [2.45, 2.75) is 49.7 Å². The summed E-state index contributed by atoms with van der Waals surface area (Å²) in [4.78, 5) is 13.7. The Morgan fingerprint density at radius 3 is 2.35 bits per heavy atom. The highest BCUT2D eigenvalue weighted by atomic mass is 19.4. The molecule has 1 spiro atoms. The minimum atomic E-state index is -4.81. The van der Waals surface area contributed by atoms with Gasteiger partial charge in [0.05, 0.1) is 32.5 Å². The smallest absolute Gasteiger partial charge is 0.427 e. The van der Waals surface area contributed by atoms with Crippen LogP contribution in [-0.2, 0) is 20.8 Å². The summed E-state index contributed by atoms with van der Waals surface area (Å²) in [6.07, 6.45) is -7.33. The van der Waals surface area contributed by atoms with Gasteiger partial charge in [0.1, 0.15) is 17.4 Å². The quantitative estimate of drug-likeness (QED) is 0.438. The lowest BCUT2D eigenvalue weighted by Gasteiger charge is -2.38. The number of piperidine rings is 1. The summed E-state index contributed by atoms with van der Waals surface area (Å²) in [5.74, 6) is -1.15. The normalized spacial score (nSPS) is 20.2. The van der Waals surface area contributed by atoms with E-state index in [1.165, 1.54) is 30.2 Å². The van der Waals surface area contributed by atoms with Crippen LogP contribution in [0.4, 0.5) is 26.7 Å². The minimum Gasteiger partial charge on any atom is -0.497 e. The highest BCUT2D eigenvalue weighted by Gasteiger charge is 2.47. The maximum absolute atomic E-state index is 14.2. The largest absolute Gasteiger partial charge is 0.497 e. The molecule has 0 aliphatic carbocycles. The second-order valence-electron chi connectivity index (χ2n) is 9.29. The maximum atomic E-state index is 14.2. The van der Waals surface area contributed by atoms with E-state index in [2.05, 4.69) is 0 Å². The minimum absolute atomic E-state index is 0.0242. The second-order valence-corrected chi connectivity index (χ2v) is 9.29. The van der Waals surface area contributed by atoms with E-state index in [0.29, 0.717) is 30.6 Å². The summed E-state index contributed by atoms with van der Waals surface area (Å²) in [5.41, 5.74) is -0.0791. The van der Waals surface area contributed by atoms with Crippen LogP contribution in [0, 0.1) is 11.6 Å². The lowest BCUT2D eigenvalue weighted by Crippen LogP contribution is -2.49. The number of carbonyl (C=O) groups is 1. The van der Waals surface area contributed by atoms with Gasteiger partial charge in [-0.3, -0.25) is 0 Å². The molecule has 11 heteroatoms. The van der Waals surface area contributed by atoms with Gasteiger partial charge in [-0.25, -0.2) is 13.6 Å². The fraction of sp³-hybridized carbons (Fsp3) is 0.500. The molecule has 2 aliphatic heterocycles. The number of hydrogen-bond acceptors (Lipinski definition) is 5. The van der Waals surface area contributed by atoms with Gasteiger partial charge in [-0.2, -0.15) is 13.2 Å². The van der Waals surface area contributed by atoms with Gasteiger partial charge in [0.2, 0.25) is 6.10 Å². The molecule has 37 heavy (non-hydrogen) atoms. The van der Waals surface area contributed by atoms with Gasteiger partial charge in [0.15, 0.2) is 0 Å². The van der Waals surface area contributed by atoms with E-state index in [1.807, 2.05) is 0 Å². The summed E-state index contributed by atoms with van der Waals surface area (Å²) in [6.45, 7) is -0.616. The van der Waals surface area contributed by atoms with Crippen molar-refractivity contribution in [2.75, 3.05) is 33.4 Å². The van der Waals surface area contributed by atoms with E-state index in [-0.39, 0.29) is 31.9 Å². The second kappa shape index (κ2) is 11.2. The lowest BCUT2D eigenvalue weighted by molar-refractivity contribution is -0.220. The predicted molar refractivity (Wildman–Crippen MR) is 122 cm³/mol. The van der Waals surface area contributed by atoms with E-state index in [4.69, 9.17) is 18.9 Å². The van der Waals surface area contributed by atoms with Gasteiger partial charge < -0.3 is 23.8 Å². The third-order valence-corrected chi connectivity index (χ3v) is 6.86. The van der Waals surface area contributed by atoms with Crippen LogP contribution in [0.25, 0.3) is 0 Å². The molecule has 4 rings (SSSR count). The van der Waals surface area contributed by atoms with Gasteiger partial charge in [0.25, 0.3) is 0 Å². The van der Waals surface area contributed by atoms with Crippen molar-refractivity contribution in [1.29, 1.82) is 0 Å². The zero-order valence-corrected chi connectivity index (χ0v) is 20.2. The number of alkyl halides is 3. The predicted octanol–water partition coefficient (Wildman–Crippen LogP) is 5.60. The van der Waals surface area contributed by atoms with Crippen LogP contribution in [-0.4, -0.2) is 62.3 Å². The Hall–Kier alpha value is -2.92. The van der Waals surface area contributed by atoms with E-state index < -0.39 is 48.1 Å². The molecular formula is C26H28F5NO5. The molecule has 2 saturated heterocycles. The van der Waals surface area contributed by atoms with E-state index in [1.54, 1.807) is 24.3 Å². The van der Waals surface area contributed by atoms with E-state index in [0.717, 1.165) is 0 Å². The molecule has 6 nitrogen and oxygen atoms in total. The Kier molecular flexibility index (Phi) is 8.23. The molecule has 0 radical (unpaired) electrons. The summed E-state index contributed by atoms with van der Waals surface area (Å²) in [7, 11) is 1.50. The van der Waals surface area contributed by atoms with Crippen LogP contribution in [0.2, 0.25) is 0 Å². The van der Waals surface area contributed by atoms with Crippen molar-refractivity contribution >= 4 is 6.09 Å². The van der Waals surface area contributed by atoms with Crippen molar-refractivity contribution in [3.8, 4) is 5.75 Å². The molecule has 2 aromatic rings. The van der Waals surface area contributed by atoms with Crippen molar-refractivity contribution in [1.82, 2.24) is 4.90 Å². The first-order valence-electron chi connectivity index (χ1n) is 11.9. The molecule has 0 aromatic heterocycles. The SMILES string of the molecule is COc1ccc(COCC(OC(=O)N2CCC3(CC2)CC(c2c(F)cccc2F)CO3)C(F)(F)F)cc1. The fourth-order valence-electron chi connectivity index (χ4n) is 4.77. The fourth-order valence-corrected chi connectivity index (χ4v) is 4.77. The zero-order chi connectivity index (χ0) is 26.6. The van der Waals surface area contributed by atoms with Crippen molar-refractivity contribution in [3.63, 3.8) is 0 Å². The standard InChI is InChI=1S/C26H28F5NO5/c1-34-19-7-5-17(6-8-19)14-35-16-22(26(29,30)31)37-24(33)32-11-9-25(10-12-32)13-18(15-36-25)23-20(27)3-2-4-21(23)28/h2-8,18,22H,9-16H2,1H3. The Labute approximate surface area is 211 Å². The van der Waals surface area contributed by atoms with Crippen LogP contribution in [0.5, 0.6) is 5.75 Å². The van der Waals surface area contributed by atoms with Gasteiger partial charge >= 0.3 is 12.3 Å². The number of carbonyl (C=O) groups excluding carboxylic acids is 1. The van der Waals surface area contributed by atoms with Crippen molar-refractivity contribution in [2.24, 2.45) is 0 Å². The highest BCUT2D eigenvalue weighted by Crippen LogP contribution is 2.44. The number of nitrogens with zero attached hydrogens (tertiary/aromatic N) is 1. The van der Waals surface area contributed by atoms with Crippen LogP contribution in [0.1, 0.15) is 36.3 Å². The summed E-state index contributed by atoms with van der Waals surface area (Å²) in [6, 6.07) is 10.3. The maximum Gasteiger partial charge on any atom is 0.427 e. The Balaban J connectivity index is 1.28. The first-order valence-corrected chi connectivity index (χ1v) is 11.9. The molecule has 2 heterocycles. The number of methoxy groups -OCH3 is 1. The molecular weight excluding hydrogens is 501 g/mol. The van der Waals surface area contributed by atoms with Crippen LogP contribution >= 0.6 is 0 Å². The Morgan fingerprint density at radius 2 is 1.76 bits per heavy atom. The molecule has 2 aliphatic rings. The van der Waals surface area contributed by atoms with E-state index >= 15 is 0 Å². The molecule has 202 valence electrons. The molecule has 0 N–H and O–H groups in total. The van der Waals surface area contributed by atoms with Gasteiger partial charge in [-0.05, 0) is 49.1 Å². The van der Waals surface area contributed by atoms with Crippen LogP contribution < -0.4 is 4.74 Å². The third kappa shape index (κ3) is 6.51. The van der Waals surface area contributed by atoms with Crippen LogP contribution in [0.3, 0.4) is 0 Å². The van der Waals surface area contributed by atoms with Crippen LogP contribution in [0.15, 0.2) is 42.5 Å². The van der Waals surface area contributed by atoms with Gasteiger partial charge in [0, 0.05) is 24.6 Å². The third-order valence-electron chi connectivity index (χ3n) is 6.86. The Bertz CT molecular complexity index is 1050. The number of ether oxygens (including phenoxy) is 4. The molecule has 2 atom stereocenters. The van der Waals surface area contributed by atoms with E-state index in [9.17, 15) is 26.7 Å². The number of benzene rings is 2. The first kappa shape index (κ1) is 27.1. The van der Waals surface area contributed by atoms with Gasteiger partial charge in [-0.1, -0.05) is 18.2 Å². The molecule has 2 unspecified atom stereocenters. The topological polar surface area (TPSA) is 57.2 Å². The number of amides is 1. The van der Waals surface area contributed by atoms with Crippen molar-refractivity contribution < 1.29 is 45.7 Å². The summed E-state index contributed by atoms with van der Waals surface area (Å²) >= 11 is 0. The molecule has 2 fully saturated rings. The van der Waals surface area contributed by atoms with Crippen molar-refractivity contribution in [3.05, 3.63) is 65.2 Å². The highest BCUT2D eigenvalue weighted by molar-refractivity contribution is 5.68.